The Morgan fingerprint density at radius 1 is 1.50 bits per heavy atom. The molecule has 0 aromatic carbocycles. The summed E-state index contributed by atoms with van der Waals surface area (Å²) in [5.41, 5.74) is 7.33. The normalized spacial score (nSPS) is 37.1. The lowest BCUT2D eigenvalue weighted by atomic mass is 9.81. The highest BCUT2D eigenvalue weighted by Gasteiger charge is 2.41. The third-order valence-electron chi connectivity index (χ3n) is 3.57. The first-order valence-electron chi connectivity index (χ1n) is 5.16. The molecule has 1 saturated carbocycles. The first kappa shape index (κ1) is 11.5. The second-order valence-electron chi connectivity index (χ2n) is 4.78. The number of carbonyl (C=O) groups excluding carboxylic acids is 1. The molecule has 0 aromatic heterocycles. The Balaban J connectivity index is 2.64. The van der Waals surface area contributed by atoms with Gasteiger partial charge in [-0.2, -0.15) is 0 Å². The van der Waals surface area contributed by atoms with Crippen LogP contribution in [0.15, 0.2) is 0 Å². The van der Waals surface area contributed by atoms with Crippen molar-refractivity contribution in [1.29, 1.82) is 0 Å². The first-order chi connectivity index (χ1) is 6.53. The standard InChI is InChI=1S/C10H20N2O2/c1-7-3-10(6-11,4-8(7)2)5-9(13)12-14/h7-8,14H,3-6,11H2,1-2H3,(H,12,13)/t7-,8+,10-. The molecule has 4 N–H and O–H groups in total. The van der Waals surface area contributed by atoms with Crippen molar-refractivity contribution in [2.45, 2.75) is 33.1 Å². The summed E-state index contributed by atoms with van der Waals surface area (Å²) >= 11 is 0. The first-order valence-corrected chi connectivity index (χ1v) is 5.16. The summed E-state index contributed by atoms with van der Waals surface area (Å²) in [6.45, 7) is 4.91. The largest absolute Gasteiger partial charge is 0.330 e. The van der Waals surface area contributed by atoms with Gasteiger partial charge in [-0.05, 0) is 36.6 Å². The monoisotopic (exact) mass is 200 g/mol. The van der Waals surface area contributed by atoms with Crippen molar-refractivity contribution in [2.75, 3.05) is 6.54 Å². The van der Waals surface area contributed by atoms with Crippen molar-refractivity contribution in [1.82, 2.24) is 5.48 Å². The van der Waals surface area contributed by atoms with Gasteiger partial charge in [0.1, 0.15) is 0 Å². The Kier molecular flexibility index (Phi) is 3.50. The van der Waals surface area contributed by atoms with Crippen LogP contribution in [0.5, 0.6) is 0 Å². The third-order valence-corrected chi connectivity index (χ3v) is 3.57. The Morgan fingerprint density at radius 2 is 2.00 bits per heavy atom. The van der Waals surface area contributed by atoms with Gasteiger partial charge in [0, 0.05) is 6.42 Å². The van der Waals surface area contributed by atoms with E-state index in [1.165, 1.54) is 0 Å². The summed E-state index contributed by atoms with van der Waals surface area (Å²) in [5.74, 6) is 0.909. The van der Waals surface area contributed by atoms with E-state index in [2.05, 4.69) is 13.8 Å². The van der Waals surface area contributed by atoms with Crippen LogP contribution < -0.4 is 11.2 Å². The molecule has 1 rings (SSSR count). The molecule has 0 aromatic rings. The summed E-state index contributed by atoms with van der Waals surface area (Å²) in [4.78, 5) is 11.1. The quantitative estimate of drug-likeness (QED) is 0.468. The molecule has 3 atom stereocenters. The summed E-state index contributed by atoms with van der Waals surface area (Å²) in [7, 11) is 0. The van der Waals surface area contributed by atoms with Crippen LogP contribution in [0, 0.1) is 17.3 Å². The van der Waals surface area contributed by atoms with Gasteiger partial charge in [0.15, 0.2) is 0 Å². The molecule has 0 aliphatic heterocycles. The number of rotatable bonds is 3. The zero-order valence-electron chi connectivity index (χ0n) is 8.92. The van der Waals surface area contributed by atoms with Crippen molar-refractivity contribution in [3.05, 3.63) is 0 Å². The smallest absolute Gasteiger partial charge is 0.243 e. The van der Waals surface area contributed by atoms with Crippen LogP contribution in [0.4, 0.5) is 0 Å². The zero-order valence-corrected chi connectivity index (χ0v) is 8.92. The second-order valence-corrected chi connectivity index (χ2v) is 4.78. The van der Waals surface area contributed by atoms with Crippen molar-refractivity contribution < 1.29 is 10.0 Å². The molecule has 0 heterocycles. The molecule has 1 amide bonds. The summed E-state index contributed by atoms with van der Waals surface area (Å²) in [6, 6.07) is 0. The molecule has 1 aliphatic carbocycles. The lowest BCUT2D eigenvalue weighted by molar-refractivity contribution is -0.131. The van der Waals surface area contributed by atoms with Gasteiger partial charge in [0.05, 0.1) is 0 Å². The highest BCUT2D eigenvalue weighted by molar-refractivity contribution is 5.75. The van der Waals surface area contributed by atoms with E-state index >= 15 is 0 Å². The van der Waals surface area contributed by atoms with Crippen LogP contribution >= 0.6 is 0 Å². The number of hydroxylamine groups is 1. The molecule has 0 unspecified atom stereocenters. The molecule has 4 heteroatoms. The van der Waals surface area contributed by atoms with E-state index in [1.807, 2.05) is 0 Å². The second kappa shape index (κ2) is 4.28. The molecule has 1 fully saturated rings. The van der Waals surface area contributed by atoms with Gasteiger partial charge in [-0.15, -0.1) is 0 Å². The zero-order chi connectivity index (χ0) is 10.8. The van der Waals surface area contributed by atoms with Crippen molar-refractivity contribution >= 4 is 5.91 Å². The maximum Gasteiger partial charge on any atom is 0.243 e. The Labute approximate surface area is 84.8 Å². The molecule has 14 heavy (non-hydrogen) atoms. The van der Waals surface area contributed by atoms with Crippen LogP contribution in [0.1, 0.15) is 33.1 Å². The van der Waals surface area contributed by atoms with E-state index in [4.69, 9.17) is 10.9 Å². The number of hydrogen-bond donors (Lipinski definition) is 3. The number of nitrogens with one attached hydrogen (secondary N) is 1. The van der Waals surface area contributed by atoms with E-state index in [-0.39, 0.29) is 11.3 Å². The highest BCUT2D eigenvalue weighted by atomic mass is 16.5. The lowest BCUT2D eigenvalue weighted by Crippen LogP contribution is -2.34. The van der Waals surface area contributed by atoms with Gasteiger partial charge < -0.3 is 5.73 Å². The molecule has 0 spiro atoms. The van der Waals surface area contributed by atoms with Gasteiger partial charge in [-0.3, -0.25) is 10.0 Å². The third kappa shape index (κ3) is 2.25. The minimum Gasteiger partial charge on any atom is -0.330 e. The van der Waals surface area contributed by atoms with Crippen LogP contribution in [-0.4, -0.2) is 17.7 Å². The molecule has 0 bridgehead atoms. The van der Waals surface area contributed by atoms with E-state index < -0.39 is 0 Å². The van der Waals surface area contributed by atoms with Crippen LogP contribution in [0.25, 0.3) is 0 Å². The Morgan fingerprint density at radius 3 is 2.36 bits per heavy atom. The summed E-state index contributed by atoms with van der Waals surface area (Å²) in [6.07, 6.45) is 2.31. The Bertz CT molecular complexity index is 208. The van der Waals surface area contributed by atoms with Gasteiger partial charge in [-0.25, -0.2) is 5.48 Å². The molecular weight excluding hydrogens is 180 g/mol. The number of hydrogen-bond acceptors (Lipinski definition) is 3. The van der Waals surface area contributed by atoms with E-state index in [9.17, 15) is 4.79 Å². The van der Waals surface area contributed by atoms with Crippen molar-refractivity contribution in [3.8, 4) is 0 Å². The van der Waals surface area contributed by atoms with E-state index in [0.29, 0.717) is 24.8 Å². The van der Waals surface area contributed by atoms with Crippen LogP contribution in [-0.2, 0) is 4.79 Å². The minimum atomic E-state index is -0.322. The average Bonchev–Trinajstić information content (AvgIpc) is 2.43. The van der Waals surface area contributed by atoms with E-state index in [1.54, 1.807) is 5.48 Å². The van der Waals surface area contributed by atoms with Gasteiger partial charge in [0.2, 0.25) is 5.91 Å². The fourth-order valence-electron chi connectivity index (χ4n) is 2.62. The van der Waals surface area contributed by atoms with Gasteiger partial charge in [-0.1, -0.05) is 13.8 Å². The number of amides is 1. The van der Waals surface area contributed by atoms with Gasteiger partial charge >= 0.3 is 0 Å². The Hall–Kier alpha value is -0.610. The number of nitrogens with two attached hydrogens (primary N) is 1. The molecule has 82 valence electrons. The van der Waals surface area contributed by atoms with Crippen LogP contribution in [0.3, 0.4) is 0 Å². The maximum atomic E-state index is 11.1. The summed E-state index contributed by atoms with van der Waals surface area (Å²) in [5, 5.41) is 8.50. The maximum absolute atomic E-state index is 11.1. The fraction of sp³-hybridized carbons (Fsp3) is 0.900. The molecule has 0 radical (unpaired) electrons. The average molecular weight is 200 g/mol. The van der Waals surface area contributed by atoms with Crippen LogP contribution in [0.2, 0.25) is 0 Å². The van der Waals surface area contributed by atoms with Gasteiger partial charge in [0.25, 0.3) is 0 Å². The summed E-state index contributed by atoms with van der Waals surface area (Å²) < 4.78 is 0. The highest BCUT2D eigenvalue weighted by Crippen LogP contribution is 2.46. The van der Waals surface area contributed by atoms with Crippen molar-refractivity contribution in [3.63, 3.8) is 0 Å². The molecular formula is C10H20N2O2. The number of carbonyl (C=O) groups is 1. The predicted molar refractivity (Wildman–Crippen MR) is 53.6 cm³/mol. The lowest BCUT2D eigenvalue weighted by Gasteiger charge is -2.26. The molecule has 0 saturated heterocycles. The van der Waals surface area contributed by atoms with Crippen molar-refractivity contribution in [2.24, 2.45) is 23.0 Å². The SMILES string of the molecule is C[C@@H]1C[C@](CN)(CC(=O)NO)C[C@@H]1C. The van der Waals surface area contributed by atoms with E-state index in [0.717, 1.165) is 12.8 Å². The topological polar surface area (TPSA) is 75.4 Å². The fourth-order valence-corrected chi connectivity index (χ4v) is 2.62. The molecule has 4 nitrogen and oxygen atoms in total. The minimum absolute atomic E-state index is 0.0916. The molecule has 1 aliphatic rings. The predicted octanol–water partition coefficient (Wildman–Crippen LogP) is 0.893.